The molecule has 2 N–H and O–H groups in total. The molecule has 1 aromatic carbocycles. The van der Waals surface area contributed by atoms with Crippen LogP contribution < -0.4 is 5.32 Å². The minimum Gasteiger partial charge on any atom is -0.391 e. The van der Waals surface area contributed by atoms with Crippen LogP contribution in [0, 0.1) is 5.92 Å². The maximum absolute atomic E-state index is 11.9. The van der Waals surface area contributed by atoms with Gasteiger partial charge in [0.2, 0.25) is 0 Å². The van der Waals surface area contributed by atoms with Gasteiger partial charge in [-0.25, -0.2) is 0 Å². The van der Waals surface area contributed by atoms with Gasteiger partial charge in [0.1, 0.15) is 0 Å². The van der Waals surface area contributed by atoms with E-state index in [2.05, 4.69) is 5.32 Å². The highest BCUT2D eigenvalue weighted by atomic mass is 35.5. The highest BCUT2D eigenvalue weighted by molar-refractivity contribution is 6.30. The van der Waals surface area contributed by atoms with Gasteiger partial charge in [0.25, 0.3) is 5.91 Å². The molecule has 1 aliphatic carbocycles. The van der Waals surface area contributed by atoms with Crippen LogP contribution in [0.3, 0.4) is 0 Å². The molecule has 0 heterocycles. The van der Waals surface area contributed by atoms with Crippen LogP contribution in [-0.2, 0) is 0 Å². The largest absolute Gasteiger partial charge is 0.391 e. The zero-order valence-electron chi connectivity index (χ0n) is 10.9. The zero-order valence-corrected chi connectivity index (χ0v) is 11.7. The molecule has 1 aliphatic rings. The molecule has 0 aromatic heterocycles. The summed E-state index contributed by atoms with van der Waals surface area (Å²) in [5, 5.41) is 13.4. The van der Waals surface area contributed by atoms with Gasteiger partial charge in [-0.15, -0.1) is 0 Å². The van der Waals surface area contributed by atoms with E-state index in [0.717, 1.165) is 12.8 Å². The summed E-state index contributed by atoms with van der Waals surface area (Å²) < 4.78 is 0. The van der Waals surface area contributed by atoms with E-state index >= 15 is 0 Å². The lowest BCUT2D eigenvalue weighted by molar-refractivity contribution is 0.0738. The molecule has 3 nitrogen and oxygen atoms in total. The van der Waals surface area contributed by atoms with Gasteiger partial charge in [-0.05, 0) is 37.0 Å². The number of benzene rings is 1. The average Bonchev–Trinajstić information content (AvgIpc) is 2.45. The van der Waals surface area contributed by atoms with Crippen LogP contribution in [0.1, 0.15) is 42.5 Å². The molecule has 0 radical (unpaired) electrons. The summed E-state index contributed by atoms with van der Waals surface area (Å²) in [5.74, 6) is 0.144. The van der Waals surface area contributed by atoms with Gasteiger partial charge < -0.3 is 10.4 Å². The van der Waals surface area contributed by atoms with Crippen molar-refractivity contribution < 1.29 is 9.90 Å². The molecule has 0 saturated heterocycles. The van der Waals surface area contributed by atoms with Crippen molar-refractivity contribution in [2.75, 3.05) is 6.54 Å². The van der Waals surface area contributed by atoms with Crippen molar-refractivity contribution in [3.63, 3.8) is 0 Å². The monoisotopic (exact) mass is 281 g/mol. The third-order valence-corrected chi connectivity index (χ3v) is 3.99. The molecule has 0 bridgehead atoms. The van der Waals surface area contributed by atoms with Gasteiger partial charge in [0.05, 0.1) is 6.10 Å². The third kappa shape index (κ3) is 4.22. The second-order valence-electron chi connectivity index (χ2n) is 5.19. The van der Waals surface area contributed by atoms with Crippen molar-refractivity contribution in [3.05, 3.63) is 34.9 Å². The number of aliphatic hydroxyl groups is 1. The molecule has 1 amide bonds. The van der Waals surface area contributed by atoms with Gasteiger partial charge in [-0.1, -0.05) is 36.9 Å². The van der Waals surface area contributed by atoms with Gasteiger partial charge in [-0.3, -0.25) is 4.79 Å². The topological polar surface area (TPSA) is 49.3 Å². The normalized spacial score (nSPS) is 18.0. The summed E-state index contributed by atoms with van der Waals surface area (Å²) in [4.78, 5) is 11.9. The first-order valence-corrected chi connectivity index (χ1v) is 7.26. The van der Waals surface area contributed by atoms with Gasteiger partial charge in [0.15, 0.2) is 0 Å². The molecular formula is C15H20ClNO2. The molecule has 1 saturated carbocycles. The summed E-state index contributed by atoms with van der Waals surface area (Å²) in [6.07, 6.45) is 5.32. The van der Waals surface area contributed by atoms with E-state index in [1.807, 2.05) is 0 Å². The maximum atomic E-state index is 11.9. The van der Waals surface area contributed by atoms with E-state index in [-0.39, 0.29) is 5.91 Å². The van der Waals surface area contributed by atoms with E-state index in [0.29, 0.717) is 23.0 Å². The fraction of sp³-hybridized carbons (Fsp3) is 0.533. The number of hydrogen-bond acceptors (Lipinski definition) is 2. The average molecular weight is 282 g/mol. The molecule has 104 valence electrons. The number of halogens is 1. The first-order chi connectivity index (χ1) is 9.16. The Bertz CT molecular complexity index is 430. The Labute approximate surface area is 119 Å². The predicted octanol–water partition coefficient (Wildman–Crippen LogP) is 3.01. The minimum absolute atomic E-state index is 0.183. The molecule has 4 heteroatoms. The molecular weight excluding hydrogens is 262 g/mol. The summed E-state index contributed by atoms with van der Waals surface area (Å²) in [7, 11) is 0. The lowest BCUT2D eigenvalue weighted by Gasteiger charge is -2.26. The molecule has 0 aliphatic heterocycles. The Hall–Kier alpha value is -1.06. The van der Waals surface area contributed by atoms with Gasteiger partial charge in [0, 0.05) is 17.1 Å². The zero-order chi connectivity index (χ0) is 13.7. The van der Waals surface area contributed by atoms with E-state index < -0.39 is 6.10 Å². The second-order valence-corrected chi connectivity index (χ2v) is 5.62. The van der Waals surface area contributed by atoms with E-state index in [1.165, 1.54) is 19.3 Å². The van der Waals surface area contributed by atoms with Gasteiger partial charge >= 0.3 is 0 Å². The van der Waals surface area contributed by atoms with Gasteiger partial charge in [-0.2, -0.15) is 0 Å². The molecule has 1 atom stereocenters. The summed E-state index contributed by atoms with van der Waals surface area (Å²) in [6.45, 7) is 0.315. The first kappa shape index (κ1) is 14.4. The number of carbonyl (C=O) groups excluding carboxylic acids is 1. The molecule has 19 heavy (non-hydrogen) atoms. The van der Waals surface area contributed by atoms with Crippen LogP contribution in [0.4, 0.5) is 0 Å². The van der Waals surface area contributed by atoms with Crippen molar-refractivity contribution in [2.45, 2.75) is 38.2 Å². The Morgan fingerprint density at radius 3 is 2.79 bits per heavy atom. The number of carbonyl (C=O) groups is 1. The lowest BCUT2D eigenvalue weighted by atomic mass is 9.85. The second kappa shape index (κ2) is 6.92. The van der Waals surface area contributed by atoms with Crippen LogP contribution in [0.15, 0.2) is 24.3 Å². The Kier molecular flexibility index (Phi) is 5.23. The van der Waals surface area contributed by atoms with Crippen molar-refractivity contribution in [1.82, 2.24) is 5.32 Å². The highest BCUT2D eigenvalue weighted by Gasteiger charge is 2.22. The quantitative estimate of drug-likeness (QED) is 0.891. The smallest absolute Gasteiger partial charge is 0.251 e. The maximum Gasteiger partial charge on any atom is 0.251 e. The molecule has 1 fully saturated rings. The Morgan fingerprint density at radius 2 is 2.11 bits per heavy atom. The molecule has 1 aromatic rings. The Balaban J connectivity index is 1.82. The fourth-order valence-corrected chi connectivity index (χ4v) is 2.80. The first-order valence-electron chi connectivity index (χ1n) is 6.88. The number of amides is 1. The van der Waals surface area contributed by atoms with E-state index in [9.17, 15) is 9.90 Å². The van der Waals surface area contributed by atoms with E-state index in [4.69, 9.17) is 11.6 Å². The summed E-state index contributed by atoms with van der Waals surface area (Å²) in [6, 6.07) is 6.82. The lowest BCUT2D eigenvalue weighted by Crippen LogP contribution is -2.37. The van der Waals surface area contributed by atoms with Crippen molar-refractivity contribution in [2.24, 2.45) is 5.92 Å². The number of rotatable bonds is 4. The number of nitrogens with one attached hydrogen (secondary N) is 1. The van der Waals surface area contributed by atoms with Crippen LogP contribution in [0.2, 0.25) is 5.02 Å². The standard InChI is InChI=1S/C15H20ClNO2/c16-13-8-4-7-12(9-13)15(19)17-10-14(18)11-5-2-1-3-6-11/h4,7-9,11,14,18H,1-3,5-6,10H2,(H,17,19). The summed E-state index contributed by atoms with van der Waals surface area (Å²) in [5.41, 5.74) is 0.531. The van der Waals surface area contributed by atoms with Crippen molar-refractivity contribution in [1.29, 1.82) is 0 Å². The van der Waals surface area contributed by atoms with Crippen molar-refractivity contribution in [3.8, 4) is 0 Å². The van der Waals surface area contributed by atoms with Crippen LogP contribution in [0.5, 0.6) is 0 Å². The number of aliphatic hydroxyl groups excluding tert-OH is 1. The summed E-state index contributed by atoms with van der Waals surface area (Å²) >= 11 is 5.84. The van der Waals surface area contributed by atoms with Crippen LogP contribution in [0.25, 0.3) is 0 Å². The van der Waals surface area contributed by atoms with Crippen LogP contribution in [-0.4, -0.2) is 23.7 Å². The minimum atomic E-state index is -0.441. The molecule has 2 rings (SSSR count). The molecule has 0 spiro atoms. The predicted molar refractivity (Wildman–Crippen MR) is 76.4 cm³/mol. The van der Waals surface area contributed by atoms with Crippen molar-refractivity contribution >= 4 is 17.5 Å². The van der Waals surface area contributed by atoms with E-state index in [1.54, 1.807) is 24.3 Å². The molecule has 1 unspecified atom stereocenters. The SMILES string of the molecule is O=C(NCC(O)C1CCCCC1)c1cccc(Cl)c1. The Morgan fingerprint density at radius 1 is 1.37 bits per heavy atom. The fourth-order valence-electron chi connectivity index (χ4n) is 2.61. The highest BCUT2D eigenvalue weighted by Crippen LogP contribution is 2.26. The third-order valence-electron chi connectivity index (χ3n) is 3.75. The van der Waals surface area contributed by atoms with Crippen LogP contribution >= 0.6 is 11.6 Å². The number of hydrogen-bond donors (Lipinski definition) is 2.